The van der Waals surface area contributed by atoms with Gasteiger partial charge in [-0.25, -0.2) is 8.78 Å². The monoisotopic (exact) mass is 283 g/mol. The third-order valence-corrected chi connectivity index (χ3v) is 3.87. The van der Waals surface area contributed by atoms with Crippen LogP contribution in [0.15, 0.2) is 12.1 Å². The smallest absolute Gasteiger partial charge is 0.260 e. The van der Waals surface area contributed by atoms with Crippen LogP contribution in [0.3, 0.4) is 0 Å². The maximum atomic E-state index is 14.1. The molecule has 20 heavy (non-hydrogen) atoms. The first-order valence-corrected chi connectivity index (χ1v) is 6.92. The van der Waals surface area contributed by atoms with Gasteiger partial charge in [0.1, 0.15) is 17.2 Å². The van der Waals surface area contributed by atoms with E-state index in [4.69, 9.17) is 5.11 Å². The van der Waals surface area contributed by atoms with E-state index in [1.165, 1.54) is 17.9 Å². The highest BCUT2D eigenvalue weighted by Gasteiger charge is 2.30. The number of nitrogens with zero attached hydrogens (tertiary/aromatic N) is 1. The van der Waals surface area contributed by atoms with Crippen LogP contribution in [0.1, 0.15) is 41.6 Å². The number of carbonyl (C=O) groups is 1. The van der Waals surface area contributed by atoms with Gasteiger partial charge < -0.3 is 10.0 Å². The Morgan fingerprint density at radius 2 is 2.00 bits per heavy atom. The first-order valence-electron chi connectivity index (χ1n) is 6.92. The zero-order valence-electron chi connectivity index (χ0n) is 11.5. The largest absolute Gasteiger partial charge is 0.395 e. The van der Waals surface area contributed by atoms with Crippen molar-refractivity contribution < 1.29 is 18.7 Å². The molecule has 0 aliphatic heterocycles. The van der Waals surface area contributed by atoms with E-state index in [0.29, 0.717) is 0 Å². The number of rotatable bonds is 4. The molecule has 1 saturated carbocycles. The Bertz CT molecular complexity index is 499. The molecule has 1 aromatic rings. The van der Waals surface area contributed by atoms with E-state index in [2.05, 4.69) is 0 Å². The van der Waals surface area contributed by atoms with Crippen molar-refractivity contribution in [2.24, 2.45) is 0 Å². The van der Waals surface area contributed by atoms with Crippen molar-refractivity contribution >= 4 is 5.91 Å². The SMILES string of the molecule is Cc1ccc(F)c(C(=O)N(CCO)C2CCCC2)c1F. The highest BCUT2D eigenvalue weighted by Crippen LogP contribution is 2.26. The first-order chi connectivity index (χ1) is 9.56. The Balaban J connectivity index is 2.34. The minimum atomic E-state index is -0.848. The van der Waals surface area contributed by atoms with E-state index < -0.39 is 23.1 Å². The van der Waals surface area contributed by atoms with Crippen LogP contribution < -0.4 is 0 Å². The quantitative estimate of drug-likeness (QED) is 0.923. The standard InChI is InChI=1S/C15H19F2NO2/c1-10-6-7-12(16)13(14(10)17)15(20)18(8-9-19)11-4-2-3-5-11/h6-7,11,19H,2-5,8-9H2,1H3. The third kappa shape index (κ3) is 2.82. The summed E-state index contributed by atoms with van der Waals surface area (Å²) in [6.45, 7) is 1.39. The van der Waals surface area contributed by atoms with Crippen molar-refractivity contribution in [3.05, 3.63) is 34.9 Å². The molecular weight excluding hydrogens is 264 g/mol. The van der Waals surface area contributed by atoms with E-state index in [1.807, 2.05) is 0 Å². The van der Waals surface area contributed by atoms with Crippen molar-refractivity contribution in [3.8, 4) is 0 Å². The summed E-state index contributed by atoms with van der Waals surface area (Å²) in [5.74, 6) is -2.32. The minimum Gasteiger partial charge on any atom is -0.395 e. The van der Waals surface area contributed by atoms with Gasteiger partial charge in [0.25, 0.3) is 5.91 Å². The molecule has 0 bridgehead atoms. The molecule has 1 fully saturated rings. The number of aliphatic hydroxyl groups is 1. The Kier molecular flexibility index (Phi) is 4.70. The van der Waals surface area contributed by atoms with Gasteiger partial charge in [0.15, 0.2) is 0 Å². The van der Waals surface area contributed by atoms with Gasteiger partial charge in [-0.05, 0) is 31.4 Å². The predicted octanol–water partition coefficient (Wildman–Crippen LogP) is 2.65. The average Bonchev–Trinajstić information content (AvgIpc) is 2.94. The summed E-state index contributed by atoms with van der Waals surface area (Å²) in [7, 11) is 0. The van der Waals surface area contributed by atoms with Crippen molar-refractivity contribution in [1.29, 1.82) is 0 Å². The maximum Gasteiger partial charge on any atom is 0.260 e. The highest BCUT2D eigenvalue weighted by molar-refractivity contribution is 5.95. The van der Waals surface area contributed by atoms with Crippen LogP contribution in [0.2, 0.25) is 0 Å². The van der Waals surface area contributed by atoms with E-state index in [1.54, 1.807) is 0 Å². The molecule has 1 aliphatic carbocycles. The summed E-state index contributed by atoms with van der Waals surface area (Å²) in [6, 6.07) is 2.39. The second kappa shape index (κ2) is 6.31. The van der Waals surface area contributed by atoms with Gasteiger partial charge in [-0.2, -0.15) is 0 Å². The van der Waals surface area contributed by atoms with Crippen molar-refractivity contribution in [1.82, 2.24) is 4.90 Å². The number of aliphatic hydroxyl groups excluding tert-OH is 1. The fourth-order valence-electron chi connectivity index (χ4n) is 2.77. The minimum absolute atomic E-state index is 0.0334. The maximum absolute atomic E-state index is 14.1. The molecule has 5 heteroatoms. The lowest BCUT2D eigenvalue weighted by atomic mass is 10.1. The average molecular weight is 283 g/mol. The number of carbonyl (C=O) groups excluding carboxylic acids is 1. The van der Waals surface area contributed by atoms with Crippen molar-refractivity contribution in [2.75, 3.05) is 13.2 Å². The summed E-state index contributed by atoms with van der Waals surface area (Å²) in [6.07, 6.45) is 3.64. The number of benzene rings is 1. The van der Waals surface area contributed by atoms with Crippen LogP contribution >= 0.6 is 0 Å². The molecule has 1 N–H and O–H groups in total. The lowest BCUT2D eigenvalue weighted by Gasteiger charge is -2.28. The molecule has 1 aromatic carbocycles. The van der Waals surface area contributed by atoms with Gasteiger partial charge in [0, 0.05) is 12.6 Å². The number of halogens is 2. The summed E-state index contributed by atoms with van der Waals surface area (Å²) in [4.78, 5) is 13.9. The lowest BCUT2D eigenvalue weighted by molar-refractivity contribution is 0.0628. The van der Waals surface area contributed by atoms with Crippen LogP contribution in [0.5, 0.6) is 0 Å². The second-order valence-electron chi connectivity index (χ2n) is 5.21. The Morgan fingerprint density at radius 3 is 2.60 bits per heavy atom. The Hall–Kier alpha value is -1.49. The molecule has 0 radical (unpaired) electrons. The third-order valence-electron chi connectivity index (χ3n) is 3.87. The summed E-state index contributed by atoms with van der Waals surface area (Å²) < 4.78 is 27.9. The fraction of sp³-hybridized carbons (Fsp3) is 0.533. The van der Waals surface area contributed by atoms with Gasteiger partial charge in [0.2, 0.25) is 0 Å². The van der Waals surface area contributed by atoms with Crippen molar-refractivity contribution in [2.45, 2.75) is 38.6 Å². The van der Waals surface area contributed by atoms with Crippen LogP contribution in [0, 0.1) is 18.6 Å². The van der Waals surface area contributed by atoms with Gasteiger partial charge in [-0.1, -0.05) is 18.9 Å². The zero-order valence-corrected chi connectivity index (χ0v) is 11.5. The molecule has 0 heterocycles. The Labute approximate surface area is 117 Å². The summed E-state index contributed by atoms with van der Waals surface area (Å²) in [5, 5.41) is 9.10. The van der Waals surface area contributed by atoms with Gasteiger partial charge in [-0.3, -0.25) is 4.79 Å². The highest BCUT2D eigenvalue weighted by atomic mass is 19.1. The molecule has 3 nitrogen and oxygen atoms in total. The molecule has 110 valence electrons. The van der Waals surface area contributed by atoms with E-state index >= 15 is 0 Å². The van der Waals surface area contributed by atoms with Crippen LogP contribution in [-0.4, -0.2) is 35.1 Å². The summed E-state index contributed by atoms with van der Waals surface area (Å²) >= 11 is 0. The zero-order chi connectivity index (χ0) is 14.7. The Morgan fingerprint density at radius 1 is 1.35 bits per heavy atom. The summed E-state index contributed by atoms with van der Waals surface area (Å²) in [5.41, 5.74) is -0.268. The fourth-order valence-corrected chi connectivity index (χ4v) is 2.77. The predicted molar refractivity (Wildman–Crippen MR) is 71.5 cm³/mol. The molecule has 0 atom stereocenters. The van der Waals surface area contributed by atoms with Crippen LogP contribution in [0.25, 0.3) is 0 Å². The number of hydrogen-bond donors (Lipinski definition) is 1. The number of amides is 1. The van der Waals surface area contributed by atoms with E-state index in [9.17, 15) is 13.6 Å². The molecule has 1 aliphatic rings. The molecule has 0 unspecified atom stereocenters. The topological polar surface area (TPSA) is 40.5 Å². The number of aryl methyl sites for hydroxylation is 1. The van der Waals surface area contributed by atoms with Gasteiger partial charge >= 0.3 is 0 Å². The molecule has 2 rings (SSSR count). The molecule has 0 aromatic heterocycles. The lowest BCUT2D eigenvalue weighted by Crippen LogP contribution is -2.41. The van der Waals surface area contributed by atoms with Gasteiger partial charge in [0.05, 0.1) is 6.61 Å². The molecule has 0 saturated heterocycles. The van der Waals surface area contributed by atoms with Crippen LogP contribution in [0.4, 0.5) is 8.78 Å². The molecule has 1 amide bonds. The normalized spacial score (nSPS) is 15.6. The molecular formula is C15H19F2NO2. The molecule has 0 spiro atoms. The van der Waals surface area contributed by atoms with E-state index in [-0.39, 0.29) is 24.8 Å². The first kappa shape index (κ1) is 14.9. The second-order valence-corrected chi connectivity index (χ2v) is 5.21. The van der Waals surface area contributed by atoms with Crippen molar-refractivity contribution in [3.63, 3.8) is 0 Å². The van der Waals surface area contributed by atoms with E-state index in [0.717, 1.165) is 31.7 Å². The number of hydrogen-bond acceptors (Lipinski definition) is 2. The van der Waals surface area contributed by atoms with Crippen LogP contribution in [-0.2, 0) is 0 Å². The van der Waals surface area contributed by atoms with Gasteiger partial charge in [-0.15, -0.1) is 0 Å².